The van der Waals surface area contributed by atoms with Crippen molar-refractivity contribution in [3.8, 4) is 0 Å². The van der Waals surface area contributed by atoms with Gasteiger partial charge in [0.15, 0.2) is 0 Å². The van der Waals surface area contributed by atoms with Gasteiger partial charge in [-0.25, -0.2) is 0 Å². The number of aryl methyl sites for hydroxylation is 1. The SMILES string of the molecule is CC1CCc2cc(C3CCOC4(CCC4)C3)ccc2N1. The fraction of sp³-hybridized carbons (Fsp3) is 0.667. The number of benzene rings is 1. The van der Waals surface area contributed by atoms with Crippen LogP contribution >= 0.6 is 0 Å². The molecular weight excluding hydrogens is 246 g/mol. The van der Waals surface area contributed by atoms with Gasteiger partial charge in [-0.3, -0.25) is 0 Å². The molecule has 1 saturated carbocycles. The highest BCUT2D eigenvalue weighted by Crippen LogP contribution is 2.47. The second kappa shape index (κ2) is 4.77. The molecule has 2 heteroatoms. The molecule has 1 aromatic rings. The van der Waals surface area contributed by atoms with Crippen LogP contribution in [0.2, 0.25) is 0 Å². The normalized spacial score (nSPS) is 31.2. The Bertz CT molecular complexity index is 506. The van der Waals surface area contributed by atoms with Crippen LogP contribution in [-0.4, -0.2) is 18.2 Å². The van der Waals surface area contributed by atoms with Crippen molar-refractivity contribution in [2.75, 3.05) is 11.9 Å². The zero-order valence-electron chi connectivity index (χ0n) is 12.5. The van der Waals surface area contributed by atoms with E-state index in [9.17, 15) is 0 Å². The predicted molar refractivity (Wildman–Crippen MR) is 82.4 cm³/mol. The lowest BCUT2D eigenvalue weighted by Crippen LogP contribution is -2.44. The van der Waals surface area contributed by atoms with Crippen LogP contribution in [0.15, 0.2) is 18.2 Å². The molecule has 1 aliphatic carbocycles. The van der Waals surface area contributed by atoms with Crippen molar-refractivity contribution in [1.82, 2.24) is 0 Å². The quantitative estimate of drug-likeness (QED) is 0.824. The average molecular weight is 271 g/mol. The molecule has 108 valence electrons. The van der Waals surface area contributed by atoms with Crippen LogP contribution in [0.4, 0.5) is 5.69 Å². The molecule has 0 bridgehead atoms. The van der Waals surface area contributed by atoms with Gasteiger partial charge in [-0.1, -0.05) is 12.1 Å². The first kappa shape index (κ1) is 12.7. The molecule has 2 unspecified atom stereocenters. The van der Waals surface area contributed by atoms with Crippen molar-refractivity contribution in [3.63, 3.8) is 0 Å². The number of fused-ring (bicyclic) bond motifs is 1. The van der Waals surface area contributed by atoms with Crippen molar-refractivity contribution in [2.24, 2.45) is 0 Å². The van der Waals surface area contributed by atoms with Crippen molar-refractivity contribution < 1.29 is 4.74 Å². The predicted octanol–water partition coefficient (Wildman–Crippen LogP) is 4.25. The fourth-order valence-electron chi connectivity index (χ4n) is 4.16. The third-order valence-corrected chi connectivity index (χ3v) is 5.61. The first-order valence-electron chi connectivity index (χ1n) is 8.27. The van der Waals surface area contributed by atoms with Gasteiger partial charge in [0.25, 0.3) is 0 Å². The molecule has 4 rings (SSSR count). The van der Waals surface area contributed by atoms with Crippen molar-refractivity contribution in [3.05, 3.63) is 29.3 Å². The Hall–Kier alpha value is -1.02. The van der Waals surface area contributed by atoms with Crippen LogP contribution in [0.3, 0.4) is 0 Å². The Morgan fingerprint density at radius 3 is 2.95 bits per heavy atom. The van der Waals surface area contributed by atoms with Crippen molar-refractivity contribution >= 4 is 5.69 Å². The smallest absolute Gasteiger partial charge is 0.0688 e. The summed E-state index contributed by atoms with van der Waals surface area (Å²) >= 11 is 0. The number of nitrogens with one attached hydrogen (secondary N) is 1. The topological polar surface area (TPSA) is 21.3 Å². The summed E-state index contributed by atoms with van der Waals surface area (Å²) in [7, 11) is 0. The number of anilines is 1. The zero-order chi connectivity index (χ0) is 13.6. The molecular formula is C18H25NO. The molecule has 1 saturated heterocycles. The second-order valence-corrected chi connectivity index (χ2v) is 7.08. The van der Waals surface area contributed by atoms with E-state index in [1.807, 2.05) is 0 Å². The van der Waals surface area contributed by atoms with Crippen molar-refractivity contribution in [1.29, 1.82) is 0 Å². The lowest BCUT2D eigenvalue weighted by atomic mass is 9.70. The third kappa shape index (κ3) is 2.14. The molecule has 1 aromatic carbocycles. The van der Waals surface area contributed by atoms with Crippen LogP contribution < -0.4 is 5.32 Å². The molecule has 2 nitrogen and oxygen atoms in total. The van der Waals surface area contributed by atoms with Gasteiger partial charge in [0.1, 0.15) is 0 Å². The van der Waals surface area contributed by atoms with Crippen LogP contribution in [0.1, 0.15) is 62.5 Å². The van der Waals surface area contributed by atoms with Crippen LogP contribution in [0.25, 0.3) is 0 Å². The van der Waals surface area contributed by atoms with E-state index in [1.54, 1.807) is 5.56 Å². The van der Waals surface area contributed by atoms with Gasteiger partial charge in [0.2, 0.25) is 0 Å². The molecule has 2 atom stereocenters. The summed E-state index contributed by atoms with van der Waals surface area (Å²) in [5.41, 5.74) is 4.69. The first-order valence-corrected chi connectivity index (χ1v) is 8.27. The Kier molecular flexibility index (Phi) is 3.03. The Balaban J connectivity index is 1.56. The molecule has 2 heterocycles. The number of ether oxygens (including phenoxy) is 1. The third-order valence-electron chi connectivity index (χ3n) is 5.61. The maximum Gasteiger partial charge on any atom is 0.0688 e. The van der Waals surface area contributed by atoms with Crippen LogP contribution in [0.5, 0.6) is 0 Å². The Morgan fingerprint density at radius 1 is 1.25 bits per heavy atom. The summed E-state index contributed by atoms with van der Waals surface area (Å²) < 4.78 is 6.07. The van der Waals surface area contributed by atoms with Gasteiger partial charge < -0.3 is 10.1 Å². The minimum atomic E-state index is 0.256. The van der Waals surface area contributed by atoms with Gasteiger partial charge in [-0.2, -0.15) is 0 Å². The zero-order valence-corrected chi connectivity index (χ0v) is 12.5. The molecule has 0 amide bonds. The standard InChI is InChI=1S/C18H25NO/c1-13-3-4-15-11-14(5-6-17(15)19-13)16-7-10-20-18(12-16)8-2-9-18/h5-6,11,13,16,19H,2-4,7-10,12H2,1H3. The number of rotatable bonds is 1. The minimum absolute atomic E-state index is 0.256. The molecule has 0 radical (unpaired) electrons. The highest BCUT2D eigenvalue weighted by Gasteiger charge is 2.42. The Labute approximate surface area is 121 Å². The largest absolute Gasteiger partial charge is 0.382 e. The summed E-state index contributed by atoms with van der Waals surface area (Å²) in [6.45, 7) is 3.23. The summed E-state index contributed by atoms with van der Waals surface area (Å²) in [4.78, 5) is 0. The van der Waals surface area contributed by atoms with E-state index in [2.05, 4.69) is 30.4 Å². The van der Waals surface area contributed by atoms with E-state index >= 15 is 0 Å². The first-order chi connectivity index (χ1) is 9.74. The minimum Gasteiger partial charge on any atom is -0.382 e. The van der Waals surface area contributed by atoms with Gasteiger partial charge >= 0.3 is 0 Å². The van der Waals surface area contributed by atoms with E-state index < -0.39 is 0 Å². The molecule has 3 aliphatic rings. The molecule has 2 fully saturated rings. The lowest BCUT2D eigenvalue weighted by Gasteiger charge is -2.47. The van der Waals surface area contributed by atoms with Gasteiger partial charge in [0.05, 0.1) is 5.60 Å². The lowest BCUT2D eigenvalue weighted by molar-refractivity contribution is -0.133. The Morgan fingerprint density at radius 2 is 2.15 bits per heavy atom. The second-order valence-electron chi connectivity index (χ2n) is 7.08. The van der Waals surface area contributed by atoms with Crippen LogP contribution in [-0.2, 0) is 11.2 Å². The van der Waals surface area contributed by atoms with E-state index in [-0.39, 0.29) is 5.60 Å². The molecule has 0 aromatic heterocycles. The molecule has 1 N–H and O–H groups in total. The van der Waals surface area contributed by atoms with E-state index in [1.165, 1.54) is 56.2 Å². The van der Waals surface area contributed by atoms with Gasteiger partial charge in [-0.05, 0) is 75.0 Å². The highest BCUT2D eigenvalue weighted by molar-refractivity contribution is 5.55. The van der Waals surface area contributed by atoms with Crippen LogP contribution in [0, 0.1) is 0 Å². The van der Waals surface area contributed by atoms with E-state index in [0.29, 0.717) is 12.0 Å². The van der Waals surface area contributed by atoms with Gasteiger partial charge in [0, 0.05) is 18.3 Å². The maximum absolute atomic E-state index is 6.07. The maximum atomic E-state index is 6.07. The van der Waals surface area contributed by atoms with Gasteiger partial charge in [-0.15, -0.1) is 0 Å². The average Bonchev–Trinajstić information content (AvgIpc) is 2.45. The van der Waals surface area contributed by atoms with Crippen molar-refractivity contribution in [2.45, 2.75) is 69.4 Å². The summed E-state index contributed by atoms with van der Waals surface area (Å²) in [6, 6.07) is 7.75. The summed E-state index contributed by atoms with van der Waals surface area (Å²) in [5.74, 6) is 0.716. The fourth-order valence-corrected chi connectivity index (χ4v) is 4.16. The monoisotopic (exact) mass is 271 g/mol. The summed E-state index contributed by atoms with van der Waals surface area (Å²) in [6.07, 6.45) is 8.86. The highest BCUT2D eigenvalue weighted by atomic mass is 16.5. The number of hydrogen-bond donors (Lipinski definition) is 1. The summed E-state index contributed by atoms with van der Waals surface area (Å²) in [5, 5.41) is 3.60. The molecule has 2 aliphatic heterocycles. The van der Waals surface area contributed by atoms with E-state index in [0.717, 1.165) is 6.61 Å². The van der Waals surface area contributed by atoms with E-state index in [4.69, 9.17) is 4.74 Å². The molecule has 20 heavy (non-hydrogen) atoms. The number of hydrogen-bond acceptors (Lipinski definition) is 2. The molecule has 1 spiro atoms.